The molecule has 0 aromatic heterocycles. The lowest BCUT2D eigenvalue weighted by molar-refractivity contribution is 0.163. The Morgan fingerprint density at radius 1 is 1.44 bits per heavy atom. The zero-order valence-electron chi connectivity index (χ0n) is 10.5. The zero-order chi connectivity index (χ0) is 13.0. The molecule has 0 spiro atoms. The summed E-state index contributed by atoms with van der Waals surface area (Å²) in [6.07, 6.45) is 3.74. The van der Waals surface area contributed by atoms with Crippen LogP contribution < -0.4 is 5.73 Å². The van der Waals surface area contributed by atoms with Crippen LogP contribution in [-0.2, 0) is 6.54 Å². The number of nitrogens with two attached hydrogens (primary N) is 1. The summed E-state index contributed by atoms with van der Waals surface area (Å²) in [6, 6.07) is 6.07. The normalized spacial score (nSPS) is 21.2. The minimum absolute atomic E-state index is 0.759. The van der Waals surface area contributed by atoms with Gasteiger partial charge >= 0.3 is 0 Å². The molecule has 1 atom stereocenters. The molecule has 4 heteroatoms. The summed E-state index contributed by atoms with van der Waals surface area (Å²) in [6.45, 7) is 4.07. The van der Waals surface area contributed by atoms with Gasteiger partial charge in [-0.25, -0.2) is 0 Å². The van der Waals surface area contributed by atoms with Crippen molar-refractivity contribution in [2.45, 2.75) is 25.8 Å². The molecule has 1 heterocycles. The highest BCUT2D eigenvalue weighted by Crippen LogP contribution is 2.25. The zero-order valence-corrected chi connectivity index (χ0v) is 12.9. The Balaban J connectivity index is 1.98. The molecular formula is C14H20BrClN2. The lowest BCUT2D eigenvalue weighted by Crippen LogP contribution is -2.35. The van der Waals surface area contributed by atoms with Gasteiger partial charge in [-0.15, -0.1) is 0 Å². The minimum Gasteiger partial charge on any atom is -0.330 e. The van der Waals surface area contributed by atoms with Crippen molar-refractivity contribution in [3.63, 3.8) is 0 Å². The van der Waals surface area contributed by atoms with Crippen LogP contribution in [0.4, 0.5) is 0 Å². The van der Waals surface area contributed by atoms with E-state index in [0.717, 1.165) is 41.5 Å². The van der Waals surface area contributed by atoms with E-state index in [1.54, 1.807) is 0 Å². The van der Waals surface area contributed by atoms with Gasteiger partial charge in [0.25, 0.3) is 0 Å². The largest absolute Gasteiger partial charge is 0.330 e. The SMILES string of the molecule is NCCC1CCCN(Cc2cc(Br)ccc2Cl)C1. The maximum Gasteiger partial charge on any atom is 0.0451 e. The Morgan fingerprint density at radius 2 is 2.28 bits per heavy atom. The number of hydrogen-bond donors (Lipinski definition) is 1. The topological polar surface area (TPSA) is 29.3 Å². The van der Waals surface area contributed by atoms with Gasteiger partial charge in [-0.1, -0.05) is 27.5 Å². The molecule has 1 fully saturated rings. The van der Waals surface area contributed by atoms with Gasteiger partial charge in [0.1, 0.15) is 0 Å². The summed E-state index contributed by atoms with van der Waals surface area (Å²) in [4.78, 5) is 2.50. The standard InChI is InChI=1S/C14H20BrClN2/c15-13-3-4-14(16)12(8-13)10-18-7-1-2-11(9-18)5-6-17/h3-4,8,11H,1-2,5-7,9-10,17H2. The van der Waals surface area contributed by atoms with E-state index in [9.17, 15) is 0 Å². The molecule has 2 nitrogen and oxygen atoms in total. The predicted octanol–water partition coefficient (Wildman–Crippen LogP) is 3.66. The summed E-state index contributed by atoms with van der Waals surface area (Å²) < 4.78 is 1.09. The summed E-state index contributed by atoms with van der Waals surface area (Å²) in [7, 11) is 0. The van der Waals surface area contributed by atoms with Gasteiger partial charge in [0, 0.05) is 22.6 Å². The van der Waals surface area contributed by atoms with Crippen molar-refractivity contribution in [3.05, 3.63) is 33.3 Å². The minimum atomic E-state index is 0.759. The van der Waals surface area contributed by atoms with Crippen molar-refractivity contribution in [3.8, 4) is 0 Å². The maximum absolute atomic E-state index is 6.25. The Labute approximate surface area is 123 Å². The monoisotopic (exact) mass is 330 g/mol. The fourth-order valence-electron chi connectivity index (χ4n) is 2.67. The van der Waals surface area contributed by atoms with Crippen LogP contribution in [0, 0.1) is 5.92 Å². The quantitative estimate of drug-likeness (QED) is 0.912. The van der Waals surface area contributed by atoms with Gasteiger partial charge in [-0.05, 0) is 62.0 Å². The van der Waals surface area contributed by atoms with Gasteiger partial charge in [0.05, 0.1) is 0 Å². The third kappa shape index (κ3) is 3.95. The fraction of sp³-hybridized carbons (Fsp3) is 0.571. The van der Waals surface area contributed by atoms with Crippen LogP contribution in [0.5, 0.6) is 0 Å². The average Bonchev–Trinajstić information content (AvgIpc) is 2.35. The summed E-state index contributed by atoms with van der Waals surface area (Å²) in [5.74, 6) is 0.759. The third-order valence-electron chi connectivity index (χ3n) is 3.58. The van der Waals surface area contributed by atoms with E-state index in [2.05, 4.69) is 26.9 Å². The summed E-state index contributed by atoms with van der Waals surface area (Å²) >= 11 is 9.75. The van der Waals surface area contributed by atoms with Gasteiger partial charge in [-0.2, -0.15) is 0 Å². The Kier molecular flexibility index (Phi) is 5.49. The molecule has 18 heavy (non-hydrogen) atoms. The van der Waals surface area contributed by atoms with E-state index >= 15 is 0 Å². The molecule has 1 saturated heterocycles. The molecule has 0 amide bonds. The van der Waals surface area contributed by atoms with Crippen molar-refractivity contribution in [2.75, 3.05) is 19.6 Å². The maximum atomic E-state index is 6.25. The number of rotatable bonds is 4. The Hall–Kier alpha value is -0.0900. The second kappa shape index (κ2) is 6.90. The number of benzene rings is 1. The smallest absolute Gasteiger partial charge is 0.0451 e. The van der Waals surface area contributed by atoms with Crippen LogP contribution in [0.1, 0.15) is 24.8 Å². The molecule has 1 aliphatic rings. The molecule has 100 valence electrons. The predicted molar refractivity (Wildman–Crippen MR) is 80.8 cm³/mol. The molecule has 1 aromatic rings. The van der Waals surface area contributed by atoms with E-state index in [4.69, 9.17) is 17.3 Å². The molecule has 0 bridgehead atoms. The van der Waals surface area contributed by atoms with Gasteiger partial charge in [0.15, 0.2) is 0 Å². The van der Waals surface area contributed by atoms with E-state index in [-0.39, 0.29) is 0 Å². The number of hydrogen-bond acceptors (Lipinski definition) is 2. The van der Waals surface area contributed by atoms with E-state index in [0.29, 0.717) is 0 Å². The molecule has 2 N–H and O–H groups in total. The highest BCUT2D eigenvalue weighted by Gasteiger charge is 2.19. The van der Waals surface area contributed by atoms with Gasteiger partial charge in [0.2, 0.25) is 0 Å². The molecular weight excluding hydrogens is 312 g/mol. The van der Waals surface area contributed by atoms with Gasteiger partial charge < -0.3 is 5.73 Å². The second-order valence-corrected chi connectivity index (χ2v) is 6.38. The highest BCUT2D eigenvalue weighted by molar-refractivity contribution is 9.10. The number of halogens is 2. The van der Waals surface area contributed by atoms with Crippen LogP contribution >= 0.6 is 27.5 Å². The molecule has 1 aliphatic heterocycles. The Bertz CT molecular complexity index is 395. The van der Waals surface area contributed by atoms with E-state index in [1.807, 2.05) is 12.1 Å². The van der Waals surface area contributed by atoms with Crippen molar-refractivity contribution in [2.24, 2.45) is 11.7 Å². The van der Waals surface area contributed by atoms with E-state index in [1.165, 1.54) is 24.9 Å². The second-order valence-electron chi connectivity index (χ2n) is 5.06. The lowest BCUT2D eigenvalue weighted by Gasteiger charge is -2.32. The first-order chi connectivity index (χ1) is 8.69. The first-order valence-electron chi connectivity index (χ1n) is 6.55. The molecule has 0 saturated carbocycles. The molecule has 2 rings (SSSR count). The molecule has 0 radical (unpaired) electrons. The van der Waals surface area contributed by atoms with Crippen LogP contribution in [-0.4, -0.2) is 24.5 Å². The first-order valence-corrected chi connectivity index (χ1v) is 7.72. The van der Waals surface area contributed by atoms with Crippen LogP contribution in [0.3, 0.4) is 0 Å². The van der Waals surface area contributed by atoms with Crippen LogP contribution in [0.25, 0.3) is 0 Å². The molecule has 1 aromatic carbocycles. The van der Waals surface area contributed by atoms with Crippen molar-refractivity contribution >= 4 is 27.5 Å². The number of piperidine rings is 1. The van der Waals surface area contributed by atoms with Gasteiger partial charge in [-0.3, -0.25) is 4.90 Å². The number of likely N-dealkylation sites (tertiary alicyclic amines) is 1. The lowest BCUT2D eigenvalue weighted by atomic mass is 9.94. The molecule has 1 unspecified atom stereocenters. The third-order valence-corrected chi connectivity index (χ3v) is 4.44. The fourth-order valence-corrected chi connectivity index (χ4v) is 3.26. The van der Waals surface area contributed by atoms with Crippen molar-refractivity contribution in [1.82, 2.24) is 4.90 Å². The van der Waals surface area contributed by atoms with Crippen LogP contribution in [0.15, 0.2) is 22.7 Å². The summed E-state index contributed by atoms with van der Waals surface area (Å²) in [5.41, 5.74) is 6.86. The van der Waals surface area contributed by atoms with Crippen molar-refractivity contribution in [1.29, 1.82) is 0 Å². The van der Waals surface area contributed by atoms with Crippen LogP contribution in [0.2, 0.25) is 5.02 Å². The number of nitrogens with zero attached hydrogens (tertiary/aromatic N) is 1. The van der Waals surface area contributed by atoms with Crippen molar-refractivity contribution < 1.29 is 0 Å². The Morgan fingerprint density at radius 3 is 3.06 bits per heavy atom. The molecule has 0 aliphatic carbocycles. The first kappa shape index (κ1) is 14.3. The highest BCUT2D eigenvalue weighted by atomic mass is 79.9. The summed E-state index contributed by atoms with van der Waals surface area (Å²) in [5, 5.41) is 0.860. The average molecular weight is 332 g/mol. The van der Waals surface area contributed by atoms with E-state index < -0.39 is 0 Å².